The Morgan fingerprint density at radius 1 is 1.20 bits per heavy atom. The molecule has 1 aromatic carbocycles. The van der Waals surface area contributed by atoms with Crippen molar-refractivity contribution in [2.75, 3.05) is 26.8 Å². The molecular weight excluding hydrogens is 254 g/mol. The van der Waals surface area contributed by atoms with Crippen LogP contribution in [0.1, 0.15) is 25.0 Å². The van der Waals surface area contributed by atoms with E-state index in [1.54, 1.807) is 0 Å². The molecule has 112 valence electrons. The van der Waals surface area contributed by atoms with Gasteiger partial charge >= 0.3 is 5.97 Å². The van der Waals surface area contributed by atoms with Gasteiger partial charge in [0.25, 0.3) is 0 Å². The molecule has 0 bridgehead atoms. The summed E-state index contributed by atoms with van der Waals surface area (Å²) < 4.78 is 10.5. The highest BCUT2D eigenvalue weighted by molar-refractivity contribution is 5.71. The van der Waals surface area contributed by atoms with Gasteiger partial charge in [-0.05, 0) is 51.0 Å². The Morgan fingerprint density at radius 3 is 2.30 bits per heavy atom. The third kappa shape index (κ3) is 5.61. The Labute approximate surface area is 121 Å². The number of benzene rings is 1. The number of hydrogen-bond acceptors (Lipinski definition) is 4. The molecule has 0 radical (unpaired) electrons. The first-order valence-corrected chi connectivity index (χ1v) is 6.94. The largest absolute Gasteiger partial charge is 0.492 e. The predicted octanol–water partition coefficient (Wildman–Crippen LogP) is 2.57. The number of ether oxygens (including phenoxy) is 2. The summed E-state index contributed by atoms with van der Waals surface area (Å²) >= 11 is 0. The quantitative estimate of drug-likeness (QED) is 0.719. The number of aryl methyl sites for hydroxylation is 2. The topological polar surface area (TPSA) is 38.8 Å². The number of hydrogen-bond donors (Lipinski definition) is 0. The van der Waals surface area contributed by atoms with Gasteiger partial charge in [0.2, 0.25) is 0 Å². The second kappa shape index (κ2) is 7.90. The summed E-state index contributed by atoms with van der Waals surface area (Å²) in [5.74, 6) is 0.661. The van der Waals surface area contributed by atoms with Crippen LogP contribution in [0.15, 0.2) is 18.2 Å². The first kappa shape index (κ1) is 16.5. The average molecular weight is 279 g/mol. The molecule has 4 heteroatoms. The minimum Gasteiger partial charge on any atom is -0.492 e. The number of methoxy groups -OCH3 is 1. The van der Waals surface area contributed by atoms with Crippen LogP contribution in [0.3, 0.4) is 0 Å². The zero-order valence-electron chi connectivity index (χ0n) is 13.1. The van der Waals surface area contributed by atoms with Gasteiger partial charge in [0, 0.05) is 12.6 Å². The lowest BCUT2D eigenvalue weighted by molar-refractivity contribution is -0.142. The highest BCUT2D eigenvalue weighted by Crippen LogP contribution is 2.16. The molecule has 1 aromatic rings. The maximum absolute atomic E-state index is 11.3. The summed E-state index contributed by atoms with van der Waals surface area (Å²) in [5.41, 5.74) is 2.38. The van der Waals surface area contributed by atoms with Gasteiger partial charge in [-0.25, -0.2) is 0 Å². The lowest BCUT2D eigenvalue weighted by atomic mass is 10.1. The van der Waals surface area contributed by atoms with Crippen molar-refractivity contribution in [1.29, 1.82) is 0 Å². The molecule has 0 aliphatic rings. The van der Waals surface area contributed by atoms with Crippen molar-refractivity contribution in [3.05, 3.63) is 29.3 Å². The number of carbonyl (C=O) groups excluding carboxylic acids is 1. The van der Waals surface area contributed by atoms with E-state index in [0.29, 0.717) is 19.7 Å². The minimum absolute atomic E-state index is 0.218. The predicted molar refractivity (Wildman–Crippen MR) is 80.1 cm³/mol. The van der Waals surface area contributed by atoms with Gasteiger partial charge in [0.1, 0.15) is 12.4 Å². The molecule has 0 aliphatic carbocycles. The van der Waals surface area contributed by atoms with E-state index in [4.69, 9.17) is 9.47 Å². The third-order valence-electron chi connectivity index (χ3n) is 3.13. The fourth-order valence-corrected chi connectivity index (χ4v) is 2.05. The van der Waals surface area contributed by atoms with Crippen molar-refractivity contribution in [2.45, 2.75) is 33.7 Å². The Morgan fingerprint density at radius 2 is 1.80 bits per heavy atom. The van der Waals surface area contributed by atoms with Gasteiger partial charge in [-0.2, -0.15) is 0 Å². The third-order valence-corrected chi connectivity index (χ3v) is 3.13. The van der Waals surface area contributed by atoms with Crippen LogP contribution in [0, 0.1) is 13.8 Å². The zero-order valence-corrected chi connectivity index (χ0v) is 13.1. The van der Waals surface area contributed by atoms with Crippen LogP contribution in [0.4, 0.5) is 0 Å². The van der Waals surface area contributed by atoms with Gasteiger partial charge in [0.05, 0.1) is 13.7 Å². The van der Waals surface area contributed by atoms with Crippen molar-refractivity contribution >= 4 is 5.97 Å². The molecular formula is C16H25NO3. The van der Waals surface area contributed by atoms with Crippen molar-refractivity contribution < 1.29 is 14.3 Å². The summed E-state index contributed by atoms with van der Waals surface area (Å²) in [7, 11) is 1.41. The van der Waals surface area contributed by atoms with Gasteiger partial charge in [-0.1, -0.05) is 6.07 Å². The maximum Gasteiger partial charge on any atom is 0.319 e. The summed E-state index contributed by atoms with van der Waals surface area (Å²) in [6, 6.07) is 6.43. The smallest absolute Gasteiger partial charge is 0.319 e. The van der Waals surface area contributed by atoms with E-state index in [1.807, 2.05) is 17.0 Å². The zero-order chi connectivity index (χ0) is 15.1. The standard InChI is InChI=1S/C16H25NO3/c1-12(2)17(11-16(18)19-5)6-7-20-15-9-13(3)8-14(4)10-15/h8-10,12H,6-7,11H2,1-5H3. The van der Waals surface area contributed by atoms with Gasteiger partial charge in [-0.3, -0.25) is 9.69 Å². The second-order valence-electron chi connectivity index (χ2n) is 5.31. The molecule has 0 saturated carbocycles. The van der Waals surface area contributed by atoms with Crippen LogP contribution in [-0.2, 0) is 9.53 Å². The molecule has 0 unspecified atom stereocenters. The summed E-state index contributed by atoms with van der Waals surface area (Å²) in [5, 5.41) is 0. The Balaban J connectivity index is 2.49. The summed E-state index contributed by atoms with van der Waals surface area (Å²) in [6.07, 6.45) is 0. The monoisotopic (exact) mass is 279 g/mol. The van der Waals surface area contributed by atoms with Crippen LogP contribution in [0.5, 0.6) is 5.75 Å². The molecule has 0 atom stereocenters. The molecule has 0 fully saturated rings. The maximum atomic E-state index is 11.3. The van der Waals surface area contributed by atoms with Gasteiger partial charge in [0.15, 0.2) is 0 Å². The fourth-order valence-electron chi connectivity index (χ4n) is 2.05. The van der Waals surface area contributed by atoms with E-state index in [-0.39, 0.29) is 12.0 Å². The highest BCUT2D eigenvalue weighted by Gasteiger charge is 2.14. The fraction of sp³-hybridized carbons (Fsp3) is 0.562. The molecule has 1 rings (SSSR count). The summed E-state index contributed by atoms with van der Waals surface area (Å²) in [4.78, 5) is 13.4. The average Bonchev–Trinajstić information content (AvgIpc) is 2.35. The number of carbonyl (C=O) groups is 1. The van der Waals surface area contributed by atoms with E-state index in [0.717, 1.165) is 5.75 Å². The van der Waals surface area contributed by atoms with Crippen LogP contribution >= 0.6 is 0 Å². The molecule has 0 aliphatic heterocycles. The van der Waals surface area contributed by atoms with E-state index >= 15 is 0 Å². The number of esters is 1. The molecule has 20 heavy (non-hydrogen) atoms. The van der Waals surface area contributed by atoms with Crippen LogP contribution in [0.2, 0.25) is 0 Å². The van der Waals surface area contributed by atoms with Crippen molar-refractivity contribution in [2.24, 2.45) is 0 Å². The van der Waals surface area contributed by atoms with Gasteiger partial charge < -0.3 is 9.47 Å². The molecule has 0 aromatic heterocycles. The molecule has 4 nitrogen and oxygen atoms in total. The normalized spacial score (nSPS) is 10.9. The Kier molecular flexibility index (Phi) is 6.52. The van der Waals surface area contributed by atoms with Crippen molar-refractivity contribution in [3.8, 4) is 5.75 Å². The first-order chi connectivity index (χ1) is 9.42. The lowest BCUT2D eigenvalue weighted by Gasteiger charge is -2.25. The van der Waals surface area contributed by atoms with Crippen LogP contribution in [0.25, 0.3) is 0 Å². The molecule has 0 heterocycles. The van der Waals surface area contributed by atoms with Crippen LogP contribution < -0.4 is 4.74 Å². The minimum atomic E-state index is -0.218. The van der Waals surface area contributed by atoms with Gasteiger partial charge in [-0.15, -0.1) is 0 Å². The lowest BCUT2D eigenvalue weighted by Crippen LogP contribution is -2.39. The Bertz CT molecular complexity index is 423. The highest BCUT2D eigenvalue weighted by atomic mass is 16.5. The molecule has 0 amide bonds. The van der Waals surface area contributed by atoms with Crippen molar-refractivity contribution in [1.82, 2.24) is 4.90 Å². The molecule has 0 N–H and O–H groups in total. The van der Waals surface area contributed by atoms with E-state index in [9.17, 15) is 4.79 Å². The Hall–Kier alpha value is -1.55. The van der Waals surface area contributed by atoms with E-state index < -0.39 is 0 Å². The SMILES string of the molecule is COC(=O)CN(CCOc1cc(C)cc(C)c1)C(C)C. The molecule has 0 spiro atoms. The van der Waals surface area contributed by atoms with Crippen LogP contribution in [-0.4, -0.2) is 43.7 Å². The second-order valence-corrected chi connectivity index (χ2v) is 5.31. The molecule has 0 saturated heterocycles. The van der Waals surface area contributed by atoms with E-state index in [1.165, 1.54) is 18.2 Å². The van der Waals surface area contributed by atoms with E-state index in [2.05, 4.69) is 33.8 Å². The number of nitrogens with zero attached hydrogens (tertiary/aromatic N) is 1. The summed E-state index contributed by atoms with van der Waals surface area (Å²) in [6.45, 7) is 9.76. The van der Waals surface area contributed by atoms with Crippen molar-refractivity contribution in [3.63, 3.8) is 0 Å². The number of rotatable bonds is 7. The first-order valence-electron chi connectivity index (χ1n) is 6.94.